The van der Waals surface area contributed by atoms with Gasteiger partial charge < -0.3 is 0 Å². The monoisotopic (exact) mass is 152 g/mol. The Morgan fingerprint density at radius 1 is 1.18 bits per heavy atom. The van der Waals surface area contributed by atoms with Crippen LogP contribution < -0.4 is 0 Å². The minimum absolute atomic E-state index is 0.686. The molecule has 0 unspecified atom stereocenters. The van der Waals surface area contributed by atoms with Gasteiger partial charge in [0.05, 0.1) is 0 Å². The Labute approximate surface area is 68.3 Å². The maximum atomic E-state index is 4.39. The maximum Gasteiger partial charge on any atom is 0.0446 e. The number of piperidine rings is 1. The summed E-state index contributed by atoms with van der Waals surface area (Å²) in [5.74, 6) is 0. The van der Waals surface area contributed by atoms with Crippen LogP contribution in [0.25, 0.3) is 0 Å². The lowest BCUT2D eigenvalue weighted by atomic mass is 10.0. The van der Waals surface area contributed by atoms with Crippen molar-refractivity contribution in [2.45, 2.75) is 31.7 Å². The molecule has 0 spiro atoms. The lowest BCUT2D eigenvalue weighted by Crippen LogP contribution is -2.40. The van der Waals surface area contributed by atoms with Crippen LogP contribution in [0.5, 0.6) is 0 Å². The summed E-state index contributed by atoms with van der Waals surface area (Å²) in [5, 5.41) is 0. The second-order valence-electron chi connectivity index (χ2n) is 3.51. The normalized spacial score (nSPS) is 32.9. The van der Waals surface area contributed by atoms with Crippen molar-refractivity contribution in [3.63, 3.8) is 0 Å². The summed E-state index contributed by atoms with van der Waals surface area (Å²) in [6.07, 6.45) is 7.56. The van der Waals surface area contributed by atoms with Crippen LogP contribution in [-0.4, -0.2) is 36.8 Å². The second-order valence-corrected chi connectivity index (χ2v) is 3.51. The molecule has 0 radical (unpaired) electrons. The molecule has 2 nitrogen and oxygen atoms in total. The molecule has 2 heteroatoms. The molecule has 0 N–H and O–H groups in total. The first kappa shape index (κ1) is 7.29. The zero-order chi connectivity index (χ0) is 7.52. The largest absolute Gasteiger partial charge is 0.296 e. The molecule has 2 rings (SSSR count). The fraction of sp³-hybridized carbons (Fsp3) is 0.889. The molecule has 0 bridgehead atoms. The molecule has 1 atom stereocenters. The van der Waals surface area contributed by atoms with E-state index in [0.29, 0.717) is 6.04 Å². The number of rotatable bonds is 0. The van der Waals surface area contributed by atoms with Crippen LogP contribution in [0.15, 0.2) is 4.99 Å². The van der Waals surface area contributed by atoms with Crippen LogP contribution in [0.1, 0.15) is 25.7 Å². The van der Waals surface area contributed by atoms with Gasteiger partial charge >= 0.3 is 0 Å². The van der Waals surface area contributed by atoms with Gasteiger partial charge in [-0.3, -0.25) is 9.89 Å². The molecule has 2 aliphatic rings. The third-order valence-electron chi connectivity index (χ3n) is 2.67. The minimum atomic E-state index is 0.686. The molecule has 2 aliphatic heterocycles. The molecule has 0 aromatic heterocycles. The van der Waals surface area contributed by atoms with Gasteiger partial charge in [-0.25, -0.2) is 0 Å². The van der Waals surface area contributed by atoms with Crippen molar-refractivity contribution < 1.29 is 0 Å². The Balaban J connectivity index is 2.02. The number of nitrogens with zero attached hydrogens (tertiary/aromatic N) is 2. The Kier molecular flexibility index (Phi) is 2.22. The molecule has 0 aliphatic carbocycles. The van der Waals surface area contributed by atoms with Crippen LogP contribution >= 0.6 is 0 Å². The summed E-state index contributed by atoms with van der Waals surface area (Å²) in [7, 11) is 0. The quantitative estimate of drug-likeness (QED) is 0.511. The molecular weight excluding hydrogens is 136 g/mol. The first-order valence-electron chi connectivity index (χ1n) is 4.71. The highest BCUT2D eigenvalue weighted by Crippen LogP contribution is 2.17. The van der Waals surface area contributed by atoms with E-state index in [-0.39, 0.29) is 0 Å². The Morgan fingerprint density at radius 2 is 2.09 bits per heavy atom. The van der Waals surface area contributed by atoms with E-state index >= 15 is 0 Å². The fourth-order valence-corrected chi connectivity index (χ4v) is 2.02. The zero-order valence-electron chi connectivity index (χ0n) is 7.00. The van der Waals surface area contributed by atoms with Crippen molar-refractivity contribution in [2.75, 3.05) is 19.6 Å². The van der Waals surface area contributed by atoms with Gasteiger partial charge in [0.1, 0.15) is 0 Å². The maximum absolute atomic E-state index is 4.39. The molecule has 0 saturated carbocycles. The standard InChI is InChI=1S/C9H16N2/c1-2-6-11-7-3-5-10-8-9(11)4-1/h8-9H,1-7H2/t9-/m1/s1. The lowest BCUT2D eigenvalue weighted by Gasteiger charge is -2.31. The highest BCUT2D eigenvalue weighted by Gasteiger charge is 2.20. The third-order valence-corrected chi connectivity index (χ3v) is 2.67. The summed E-state index contributed by atoms with van der Waals surface area (Å²) in [5.41, 5.74) is 0. The molecule has 0 aromatic rings. The molecule has 2 heterocycles. The van der Waals surface area contributed by atoms with Crippen molar-refractivity contribution in [1.29, 1.82) is 0 Å². The van der Waals surface area contributed by atoms with Crippen molar-refractivity contribution in [2.24, 2.45) is 4.99 Å². The van der Waals surface area contributed by atoms with Gasteiger partial charge in [-0.1, -0.05) is 6.42 Å². The first-order chi connectivity index (χ1) is 5.47. The van der Waals surface area contributed by atoms with Gasteiger partial charge in [-0.05, 0) is 25.8 Å². The van der Waals surface area contributed by atoms with Crippen molar-refractivity contribution in [1.82, 2.24) is 4.90 Å². The molecule has 11 heavy (non-hydrogen) atoms. The molecule has 1 saturated heterocycles. The smallest absolute Gasteiger partial charge is 0.0446 e. The van der Waals surface area contributed by atoms with E-state index in [1.807, 2.05) is 0 Å². The Morgan fingerprint density at radius 3 is 3.09 bits per heavy atom. The summed E-state index contributed by atoms with van der Waals surface area (Å²) < 4.78 is 0. The highest BCUT2D eigenvalue weighted by atomic mass is 15.2. The van der Waals surface area contributed by atoms with E-state index in [1.54, 1.807) is 0 Å². The second kappa shape index (κ2) is 3.35. The number of fused-ring (bicyclic) bond motifs is 1. The van der Waals surface area contributed by atoms with E-state index in [0.717, 1.165) is 6.54 Å². The van der Waals surface area contributed by atoms with Gasteiger partial charge in [-0.15, -0.1) is 0 Å². The predicted molar refractivity (Wildman–Crippen MR) is 47.2 cm³/mol. The van der Waals surface area contributed by atoms with Crippen LogP contribution in [0, 0.1) is 0 Å². The van der Waals surface area contributed by atoms with E-state index in [2.05, 4.69) is 16.1 Å². The van der Waals surface area contributed by atoms with Gasteiger partial charge in [-0.2, -0.15) is 0 Å². The minimum Gasteiger partial charge on any atom is -0.296 e. The SMILES string of the molecule is C1=NCCCN2CCCC[C@H]12. The summed E-state index contributed by atoms with van der Waals surface area (Å²) in [4.78, 5) is 6.97. The van der Waals surface area contributed by atoms with E-state index in [9.17, 15) is 0 Å². The van der Waals surface area contributed by atoms with Crippen LogP contribution in [0.3, 0.4) is 0 Å². The zero-order valence-corrected chi connectivity index (χ0v) is 7.00. The van der Waals surface area contributed by atoms with Crippen LogP contribution in [0.2, 0.25) is 0 Å². The third kappa shape index (κ3) is 1.62. The number of hydrogen-bond donors (Lipinski definition) is 0. The van der Waals surface area contributed by atoms with Crippen molar-refractivity contribution in [3.8, 4) is 0 Å². The van der Waals surface area contributed by atoms with E-state index in [1.165, 1.54) is 38.8 Å². The van der Waals surface area contributed by atoms with Gasteiger partial charge in [0.2, 0.25) is 0 Å². The van der Waals surface area contributed by atoms with Gasteiger partial charge in [0.25, 0.3) is 0 Å². The number of aliphatic imine (C=N–C) groups is 1. The summed E-state index contributed by atoms with van der Waals surface area (Å²) >= 11 is 0. The van der Waals surface area contributed by atoms with Crippen LogP contribution in [0.4, 0.5) is 0 Å². The van der Waals surface area contributed by atoms with Gasteiger partial charge in [0.15, 0.2) is 0 Å². The molecular formula is C9H16N2. The Bertz CT molecular complexity index is 154. The fourth-order valence-electron chi connectivity index (χ4n) is 2.02. The molecule has 0 amide bonds. The van der Waals surface area contributed by atoms with Crippen molar-refractivity contribution >= 4 is 6.21 Å². The van der Waals surface area contributed by atoms with Crippen LogP contribution in [-0.2, 0) is 0 Å². The molecule has 1 fully saturated rings. The average molecular weight is 152 g/mol. The Hall–Kier alpha value is -0.370. The average Bonchev–Trinajstić information content (AvgIpc) is 2.28. The highest BCUT2D eigenvalue weighted by molar-refractivity contribution is 5.64. The predicted octanol–water partition coefficient (Wildman–Crippen LogP) is 1.32. The summed E-state index contributed by atoms with van der Waals surface area (Å²) in [6, 6.07) is 0.686. The van der Waals surface area contributed by atoms with Gasteiger partial charge in [0, 0.05) is 25.3 Å². The topological polar surface area (TPSA) is 15.6 Å². The molecule has 0 aromatic carbocycles. The summed E-state index contributed by atoms with van der Waals surface area (Å²) in [6.45, 7) is 3.62. The number of hydrogen-bond acceptors (Lipinski definition) is 2. The van der Waals surface area contributed by atoms with E-state index in [4.69, 9.17) is 0 Å². The van der Waals surface area contributed by atoms with Crippen molar-refractivity contribution in [3.05, 3.63) is 0 Å². The molecule has 62 valence electrons. The lowest BCUT2D eigenvalue weighted by molar-refractivity contribution is 0.198. The van der Waals surface area contributed by atoms with E-state index < -0.39 is 0 Å². The first-order valence-corrected chi connectivity index (χ1v) is 4.71.